The molecule has 0 bridgehead atoms. The third-order valence-corrected chi connectivity index (χ3v) is 3.42. The van der Waals surface area contributed by atoms with E-state index in [-0.39, 0.29) is 4.90 Å². The normalized spacial score (nSPS) is 10.4. The SMILES string of the molecule is O=S(=O)(C#Cc1ccccc1)c1ccccc1. The fourth-order valence-corrected chi connectivity index (χ4v) is 2.19. The third kappa shape index (κ3) is 2.96. The summed E-state index contributed by atoms with van der Waals surface area (Å²) in [6, 6.07) is 17.2. The highest BCUT2D eigenvalue weighted by molar-refractivity contribution is 7.96. The smallest absolute Gasteiger partial charge is 0.210 e. The van der Waals surface area contributed by atoms with Gasteiger partial charge in [0, 0.05) is 10.8 Å². The second-order valence-electron chi connectivity index (χ2n) is 3.41. The van der Waals surface area contributed by atoms with Crippen molar-refractivity contribution < 1.29 is 8.42 Å². The molecule has 0 N–H and O–H groups in total. The van der Waals surface area contributed by atoms with Gasteiger partial charge < -0.3 is 0 Å². The van der Waals surface area contributed by atoms with E-state index in [1.165, 1.54) is 12.1 Å². The molecule has 0 saturated carbocycles. The van der Waals surface area contributed by atoms with Gasteiger partial charge in [-0.15, -0.1) is 0 Å². The molecule has 0 spiro atoms. The Balaban J connectivity index is 2.35. The second kappa shape index (κ2) is 4.86. The molecule has 2 rings (SSSR count). The van der Waals surface area contributed by atoms with Gasteiger partial charge in [-0.25, -0.2) is 8.42 Å². The van der Waals surface area contributed by atoms with Crippen LogP contribution in [0.25, 0.3) is 0 Å². The first-order valence-electron chi connectivity index (χ1n) is 5.06. The largest absolute Gasteiger partial charge is 0.245 e. The lowest BCUT2D eigenvalue weighted by Gasteiger charge is -1.94. The summed E-state index contributed by atoms with van der Waals surface area (Å²) in [5.41, 5.74) is 0.687. The molecule has 0 unspecified atom stereocenters. The molecule has 84 valence electrons. The van der Waals surface area contributed by atoms with Crippen molar-refractivity contribution in [3.8, 4) is 11.2 Å². The monoisotopic (exact) mass is 242 g/mol. The molecule has 0 aliphatic carbocycles. The van der Waals surface area contributed by atoms with E-state index in [4.69, 9.17) is 0 Å². The quantitative estimate of drug-likeness (QED) is 0.720. The first-order chi connectivity index (χ1) is 8.18. The Labute approximate surface area is 101 Å². The van der Waals surface area contributed by atoms with Crippen LogP contribution in [0.1, 0.15) is 5.56 Å². The minimum atomic E-state index is -3.52. The van der Waals surface area contributed by atoms with Crippen molar-refractivity contribution in [3.05, 3.63) is 66.2 Å². The number of rotatable bonds is 1. The van der Waals surface area contributed by atoms with E-state index in [2.05, 4.69) is 11.2 Å². The maximum Gasteiger partial charge on any atom is 0.245 e. The summed E-state index contributed by atoms with van der Waals surface area (Å²) in [6.45, 7) is 0. The predicted octanol–water partition coefficient (Wildman–Crippen LogP) is 2.47. The van der Waals surface area contributed by atoms with Crippen LogP contribution in [0.3, 0.4) is 0 Å². The van der Waals surface area contributed by atoms with Crippen LogP contribution in [-0.4, -0.2) is 8.42 Å². The molecule has 0 aliphatic rings. The van der Waals surface area contributed by atoms with Gasteiger partial charge in [0.1, 0.15) is 0 Å². The Bertz CT molecular complexity index is 648. The molecule has 0 heterocycles. The minimum absolute atomic E-state index is 0.225. The van der Waals surface area contributed by atoms with Crippen LogP contribution in [0.4, 0.5) is 0 Å². The Hall–Kier alpha value is -2.05. The number of hydrogen-bond acceptors (Lipinski definition) is 2. The van der Waals surface area contributed by atoms with Crippen LogP contribution >= 0.6 is 0 Å². The molecule has 2 nitrogen and oxygen atoms in total. The standard InChI is InChI=1S/C14H10O2S/c15-17(16,14-9-5-2-6-10-14)12-11-13-7-3-1-4-8-13/h1-10H. The first kappa shape index (κ1) is 11.4. The summed E-state index contributed by atoms with van der Waals surface area (Å²) >= 11 is 0. The highest BCUT2D eigenvalue weighted by atomic mass is 32.2. The van der Waals surface area contributed by atoms with E-state index in [1.54, 1.807) is 30.3 Å². The summed E-state index contributed by atoms with van der Waals surface area (Å²) in [6.07, 6.45) is 0. The number of hydrogen-bond donors (Lipinski definition) is 0. The van der Waals surface area contributed by atoms with Gasteiger partial charge in [0.05, 0.1) is 4.90 Å². The zero-order chi connectivity index (χ0) is 12.1. The molecule has 0 aliphatic heterocycles. The average molecular weight is 242 g/mol. The molecule has 0 aromatic heterocycles. The van der Waals surface area contributed by atoms with Crippen LogP contribution in [0.15, 0.2) is 65.6 Å². The van der Waals surface area contributed by atoms with Gasteiger partial charge in [-0.1, -0.05) is 36.4 Å². The van der Waals surface area contributed by atoms with Crippen molar-refractivity contribution in [3.63, 3.8) is 0 Å². The van der Waals surface area contributed by atoms with Crippen molar-refractivity contribution in [2.24, 2.45) is 0 Å². The number of benzene rings is 2. The maximum atomic E-state index is 11.8. The lowest BCUT2D eigenvalue weighted by molar-refractivity contribution is 0.606. The van der Waals surface area contributed by atoms with Gasteiger partial charge in [-0.05, 0) is 30.2 Å². The molecule has 0 amide bonds. The first-order valence-corrected chi connectivity index (χ1v) is 6.55. The molecule has 0 atom stereocenters. The average Bonchev–Trinajstić information content (AvgIpc) is 2.39. The van der Waals surface area contributed by atoms with Gasteiger partial charge in [0.15, 0.2) is 0 Å². The molecule has 17 heavy (non-hydrogen) atoms. The van der Waals surface area contributed by atoms with Crippen LogP contribution in [0.2, 0.25) is 0 Å². The maximum absolute atomic E-state index is 11.8. The summed E-state index contributed by atoms with van der Waals surface area (Å²) in [5.74, 6) is 2.65. The lowest BCUT2D eigenvalue weighted by Crippen LogP contribution is -1.96. The van der Waals surface area contributed by atoms with E-state index < -0.39 is 9.84 Å². The van der Waals surface area contributed by atoms with Gasteiger partial charge >= 0.3 is 0 Å². The highest BCUT2D eigenvalue weighted by Gasteiger charge is 2.08. The van der Waals surface area contributed by atoms with Crippen molar-refractivity contribution in [1.29, 1.82) is 0 Å². The van der Waals surface area contributed by atoms with Crippen LogP contribution in [-0.2, 0) is 9.84 Å². The zero-order valence-electron chi connectivity index (χ0n) is 9.00. The fourth-order valence-electron chi connectivity index (χ4n) is 1.31. The Morgan fingerprint density at radius 2 is 1.29 bits per heavy atom. The fraction of sp³-hybridized carbons (Fsp3) is 0. The van der Waals surface area contributed by atoms with Crippen molar-refractivity contribution >= 4 is 9.84 Å². The Kier molecular flexibility index (Phi) is 3.27. The minimum Gasteiger partial charge on any atom is -0.210 e. The van der Waals surface area contributed by atoms with E-state index in [0.717, 1.165) is 0 Å². The second-order valence-corrected chi connectivity index (χ2v) is 5.09. The topological polar surface area (TPSA) is 34.1 Å². The van der Waals surface area contributed by atoms with Crippen molar-refractivity contribution in [2.45, 2.75) is 4.90 Å². The molecular formula is C14H10O2S. The molecule has 0 saturated heterocycles. The highest BCUT2D eigenvalue weighted by Crippen LogP contribution is 2.08. The van der Waals surface area contributed by atoms with Crippen LogP contribution in [0.5, 0.6) is 0 Å². The predicted molar refractivity (Wildman–Crippen MR) is 66.9 cm³/mol. The van der Waals surface area contributed by atoms with Crippen LogP contribution in [0, 0.1) is 11.2 Å². The molecule has 0 fully saturated rings. The van der Waals surface area contributed by atoms with Crippen LogP contribution < -0.4 is 0 Å². The van der Waals surface area contributed by atoms with Crippen molar-refractivity contribution in [2.75, 3.05) is 0 Å². The molecule has 0 radical (unpaired) electrons. The van der Waals surface area contributed by atoms with Crippen molar-refractivity contribution in [1.82, 2.24) is 0 Å². The Morgan fingerprint density at radius 1 is 0.765 bits per heavy atom. The lowest BCUT2D eigenvalue weighted by atomic mass is 10.2. The third-order valence-electron chi connectivity index (χ3n) is 2.16. The Morgan fingerprint density at radius 3 is 1.88 bits per heavy atom. The van der Waals surface area contributed by atoms with E-state index in [0.29, 0.717) is 5.56 Å². The number of sulfone groups is 1. The van der Waals surface area contributed by atoms with E-state index in [1.807, 2.05) is 18.2 Å². The van der Waals surface area contributed by atoms with Gasteiger partial charge in [-0.2, -0.15) is 0 Å². The summed E-state index contributed by atoms with van der Waals surface area (Å²) in [4.78, 5) is 0.225. The van der Waals surface area contributed by atoms with Gasteiger partial charge in [0.25, 0.3) is 0 Å². The van der Waals surface area contributed by atoms with E-state index in [9.17, 15) is 8.42 Å². The van der Waals surface area contributed by atoms with Gasteiger partial charge in [0.2, 0.25) is 9.84 Å². The molecule has 3 heteroatoms. The zero-order valence-corrected chi connectivity index (χ0v) is 9.81. The van der Waals surface area contributed by atoms with Gasteiger partial charge in [-0.3, -0.25) is 0 Å². The molecule has 2 aromatic rings. The molecular weight excluding hydrogens is 232 g/mol. The summed E-state index contributed by atoms with van der Waals surface area (Å²) in [7, 11) is -3.52. The molecule has 2 aromatic carbocycles. The summed E-state index contributed by atoms with van der Waals surface area (Å²) in [5, 5.41) is 2.31. The van der Waals surface area contributed by atoms with E-state index >= 15 is 0 Å². The summed E-state index contributed by atoms with van der Waals surface area (Å²) < 4.78 is 23.7.